The first-order valence-corrected chi connectivity index (χ1v) is 5.69. The first kappa shape index (κ1) is 25.2. The van der Waals surface area contributed by atoms with Crippen molar-refractivity contribution in [2.75, 3.05) is 13.2 Å². The van der Waals surface area contributed by atoms with E-state index in [1.54, 1.807) is 0 Å². The molecule has 0 aliphatic rings. The molecule has 0 saturated heterocycles. The second-order valence-corrected chi connectivity index (χ2v) is 3.40. The van der Waals surface area contributed by atoms with Crippen molar-refractivity contribution in [2.24, 2.45) is 0 Å². The summed E-state index contributed by atoms with van der Waals surface area (Å²) in [6.45, 7) is 11.8. The zero-order chi connectivity index (χ0) is 12.5. The summed E-state index contributed by atoms with van der Waals surface area (Å²) in [5.41, 5.74) is 1.27. The van der Waals surface area contributed by atoms with Gasteiger partial charge in [0, 0.05) is 0 Å². The minimum atomic E-state index is 0. The van der Waals surface area contributed by atoms with Crippen LogP contribution in [-0.2, 0) is 21.7 Å². The van der Waals surface area contributed by atoms with Crippen LogP contribution in [0.3, 0.4) is 0 Å². The Labute approximate surface area is 117 Å². The Morgan fingerprint density at radius 3 is 1.25 bits per heavy atom. The van der Waals surface area contributed by atoms with Crippen LogP contribution in [0, 0.1) is 6.92 Å². The smallest absolute Gasteiger partial charge is 0.854 e. The van der Waals surface area contributed by atoms with Gasteiger partial charge < -0.3 is 10.2 Å². The zero-order valence-electron chi connectivity index (χ0n) is 11.3. The first-order chi connectivity index (χ1) is 7.10. The molecule has 0 bridgehead atoms. The molecule has 0 aromatic carbocycles. The first-order valence-electron chi connectivity index (χ1n) is 5.69. The van der Waals surface area contributed by atoms with Gasteiger partial charge in [0.05, 0.1) is 0 Å². The monoisotopic (exact) mass is 263 g/mol. The van der Waals surface area contributed by atoms with Gasteiger partial charge in [0.2, 0.25) is 0 Å². The molecule has 0 amide bonds. The molecule has 0 heterocycles. The van der Waals surface area contributed by atoms with Crippen molar-refractivity contribution in [1.29, 1.82) is 0 Å². The van der Waals surface area contributed by atoms with Crippen molar-refractivity contribution in [3.05, 3.63) is 18.6 Å². The Balaban J connectivity index is -0.0000000655. The maximum absolute atomic E-state index is 9.53. The standard InChI is InChI=1S/C5H9.2C4H9O.Ti/c1-4-5(2)3;2*1-2-3-4-5;/h4H,1H2,2-3H3;2*2-4H2,1H3;/q3*-1;+3. The van der Waals surface area contributed by atoms with E-state index in [2.05, 4.69) is 6.92 Å². The van der Waals surface area contributed by atoms with Crippen LogP contribution in [0.4, 0.5) is 0 Å². The van der Waals surface area contributed by atoms with E-state index in [9.17, 15) is 10.2 Å². The summed E-state index contributed by atoms with van der Waals surface area (Å²) >= 11 is 0. The summed E-state index contributed by atoms with van der Waals surface area (Å²) in [4.78, 5) is 0. The average Bonchev–Trinajstić information content (AvgIpc) is 2.22. The second-order valence-electron chi connectivity index (χ2n) is 3.40. The Hall–Kier alpha value is 0.244. The third kappa shape index (κ3) is 64.1. The third-order valence-electron chi connectivity index (χ3n) is 1.40. The van der Waals surface area contributed by atoms with Crippen LogP contribution in [0.5, 0.6) is 0 Å². The van der Waals surface area contributed by atoms with E-state index in [4.69, 9.17) is 0 Å². The summed E-state index contributed by atoms with van der Waals surface area (Å²) in [5.74, 6) is 0. The molecule has 0 rings (SSSR count). The SMILES string of the molecule is CCCC[O-].CCCC[O-].[CH2-]C=C(C)C.[Ti+3]. The zero-order valence-corrected chi connectivity index (χ0v) is 12.9. The quantitative estimate of drug-likeness (QED) is 0.576. The largest absolute Gasteiger partial charge is 3.00 e. The molecule has 1 radical (unpaired) electrons. The van der Waals surface area contributed by atoms with Crippen molar-refractivity contribution in [2.45, 2.75) is 53.4 Å². The van der Waals surface area contributed by atoms with Gasteiger partial charge in [-0.25, -0.2) is 18.6 Å². The van der Waals surface area contributed by atoms with E-state index in [1.165, 1.54) is 5.57 Å². The van der Waals surface area contributed by atoms with Gasteiger partial charge in [-0.2, -0.15) is 0 Å². The molecule has 0 atom stereocenters. The molecule has 0 unspecified atom stereocenters. The summed E-state index contributed by atoms with van der Waals surface area (Å²) in [6, 6.07) is 0. The molecule has 0 saturated carbocycles. The van der Waals surface area contributed by atoms with Gasteiger partial charge in [0.15, 0.2) is 0 Å². The van der Waals surface area contributed by atoms with Gasteiger partial charge in [-0.3, -0.25) is 0 Å². The predicted molar refractivity (Wildman–Crippen MR) is 64.3 cm³/mol. The maximum Gasteiger partial charge on any atom is 3.00 e. The van der Waals surface area contributed by atoms with Crippen LogP contribution >= 0.6 is 0 Å². The number of hydrogen-bond acceptors (Lipinski definition) is 2. The van der Waals surface area contributed by atoms with Crippen molar-refractivity contribution >= 4 is 0 Å². The van der Waals surface area contributed by atoms with Gasteiger partial charge in [-0.1, -0.05) is 39.5 Å². The molecular formula is C13H27O2Ti. The summed E-state index contributed by atoms with van der Waals surface area (Å²) in [6.07, 6.45) is 5.56. The fourth-order valence-corrected chi connectivity index (χ4v) is 0.289. The summed E-state index contributed by atoms with van der Waals surface area (Å²) in [7, 11) is 0. The summed E-state index contributed by atoms with van der Waals surface area (Å²) in [5, 5.41) is 19.1. The molecule has 0 aliphatic heterocycles. The third-order valence-corrected chi connectivity index (χ3v) is 1.40. The fraction of sp³-hybridized carbons (Fsp3) is 0.769. The van der Waals surface area contributed by atoms with E-state index in [1.807, 2.05) is 33.8 Å². The van der Waals surface area contributed by atoms with Crippen molar-refractivity contribution in [3.8, 4) is 0 Å². The number of hydrogen-bond donors (Lipinski definition) is 0. The van der Waals surface area contributed by atoms with Gasteiger partial charge in [-0.15, -0.1) is 27.1 Å². The molecule has 2 nitrogen and oxygen atoms in total. The Kier molecular flexibility index (Phi) is 46.4. The minimum absolute atomic E-state index is 0. The van der Waals surface area contributed by atoms with Gasteiger partial charge in [-0.05, 0) is 0 Å². The van der Waals surface area contributed by atoms with Crippen LogP contribution in [0.1, 0.15) is 53.4 Å². The normalized spacial score (nSPS) is 7.38. The van der Waals surface area contributed by atoms with E-state index in [0.717, 1.165) is 25.7 Å². The molecule has 0 aromatic rings. The Bertz CT molecular complexity index is 101. The fourth-order valence-electron chi connectivity index (χ4n) is 0.289. The number of rotatable bonds is 4. The van der Waals surface area contributed by atoms with Crippen LogP contribution in [0.2, 0.25) is 0 Å². The Morgan fingerprint density at radius 1 is 1.00 bits per heavy atom. The van der Waals surface area contributed by atoms with Crippen LogP contribution < -0.4 is 10.2 Å². The van der Waals surface area contributed by atoms with E-state index in [0.29, 0.717) is 0 Å². The molecule has 0 spiro atoms. The van der Waals surface area contributed by atoms with Crippen molar-refractivity contribution in [1.82, 2.24) is 0 Å². The van der Waals surface area contributed by atoms with Crippen LogP contribution in [-0.4, -0.2) is 13.2 Å². The molecule has 0 aliphatic carbocycles. The predicted octanol–water partition coefficient (Wildman–Crippen LogP) is 2.08. The Morgan fingerprint density at radius 2 is 1.25 bits per heavy atom. The number of unbranched alkanes of at least 4 members (excludes halogenated alkanes) is 2. The van der Waals surface area contributed by atoms with Gasteiger partial charge in [0.1, 0.15) is 0 Å². The average molecular weight is 263 g/mol. The van der Waals surface area contributed by atoms with Crippen LogP contribution in [0.25, 0.3) is 0 Å². The van der Waals surface area contributed by atoms with Gasteiger partial charge in [0.25, 0.3) is 0 Å². The molecule has 16 heavy (non-hydrogen) atoms. The molecule has 0 N–H and O–H groups in total. The summed E-state index contributed by atoms with van der Waals surface area (Å²) < 4.78 is 0. The maximum atomic E-state index is 9.53. The molecule has 0 aromatic heterocycles. The van der Waals surface area contributed by atoms with Crippen molar-refractivity contribution in [3.63, 3.8) is 0 Å². The molecule has 0 fully saturated rings. The molecule has 3 heteroatoms. The van der Waals surface area contributed by atoms with Crippen LogP contribution in [0.15, 0.2) is 11.6 Å². The van der Waals surface area contributed by atoms with E-state index in [-0.39, 0.29) is 34.9 Å². The minimum Gasteiger partial charge on any atom is -0.854 e. The topological polar surface area (TPSA) is 46.1 Å². The van der Waals surface area contributed by atoms with E-state index < -0.39 is 0 Å². The van der Waals surface area contributed by atoms with Crippen molar-refractivity contribution < 1.29 is 31.9 Å². The second kappa shape index (κ2) is 29.5. The van der Waals surface area contributed by atoms with Gasteiger partial charge >= 0.3 is 21.7 Å². The molecular weight excluding hydrogens is 236 g/mol. The molecule has 95 valence electrons. The number of allylic oxidation sites excluding steroid dienone is 2. The van der Waals surface area contributed by atoms with E-state index >= 15 is 0 Å².